The lowest BCUT2D eigenvalue weighted by molar-refractivity contribution is -0.142. The molecule has 1 aliphatic rings. The molecule has 2 aromatic rings. The van der Waals surface area contributed by atoms with Crippen molar-refractivity contribution in [3.8, 4) is 0 Å². The van der Waals surface area contributed by atoms with E-state index in [-0.39, 0.29) is 18.6 Å². The van der Waals surface area contributed by atoms with Gasteiger partial charge in [-0.15, -0.1) is 11.3 Å². The zero-order chi connectivity index (χ0) is 14.8. The maximum Gasteiger partial charge on any atom is 0.319 e. The fraction of sp³-hybridized carbons (Fsp3) is 0.312. The maximum absolute atomic E-state index is 11.7. The molecule has 3 rings (SSSR count). The van der Waals surface area contributed by atoms with Crippen LogP contribution >= 0.6 is 22.9 Å². The molecular weight excluding hydrogens is 306 g/mol. The molecule has 0 spiro atoms. The van der Waals surface area contributed by atoms with E-state index in [1.807, 2.05) is 24.3 Å². The molecule has 1 aromatic carbocycles. The minimum absolute atomic E-state index is 0.0211. The second-order valence-corrected chi connectivity index (χ2v) is 6.43. The van der Waals surface area contributed by atoms with Gasteiger partial charge in [-0.3, -0.25) is 9.69 Å². The van der Waals surface area contributed by atoms with Crippen molar-refractivity contribution in [2.75, 3.05) is 20.2 Å². The predicted octanol–water partition coefficient (Wildman–Crippen LogP) is 3.52. The van der Waals surface area contributed by atoms with Gasteiger partial charge in [0.1, 0.15) is 0 Å². The fourth-order valence-electron chi connectivity index (χ4n) is 2.83. The zero-order valence-electron chi connectivity index (χ0n) is 11.7. The molecule has 3 nitrogen and oxygen atoms in total. The molecule has 0 radical (unpaired) electrons. The van der Waals surface area contributed by atoms with Crippen molar-refractivity contribution >= 4 is 28.9 Å². The molecule has 0 bridgehead atoms. The molecule has 0 saturated heterocycles. The molecule has 0 fully saturated rings. The van der Waals surface area contributed by atoms with Gasteiger partial charge in [-0.25, -0.2) is 0 Å². The van der Waals surface area contributed by atoms with Gasteiger partial charge in [0.25, 0.3) is 0 Å². The van der Waals surface area contributed by atoms with E-state index in [4.69, 9.17) is 16.3 Å². The van der Waals surface area contributed by atoms with E-state index in [1.165, 1.54) is 17.6 Å². The third kappa shape index (κ3) is 2.84. The lowest BCUT2D eigenvalue weighted by Crippen LogP contribution is -2.39. The number of nitrogens with zero attached hydrogens (tertiary/aromatic N) is 1. The van der Waals surface area contributed by atoms with Crippen molar-refractivity contribution < 1.29 is 9.53 Å². The Morgan fingerprint density at radius 3 is 2.95 bits per heavy atom. The van der Waals surface area contributed by atoms with E-state index in [1.54, 1.807) is 11.3 Å². The summed E-state index contributed by atoms with van der Waals surface area (Å²) in [6.07, 6.45) is 0.963. The first-order chi connectivity index (χ1) is 10.2. The molecule has 110 valence electrons. The number of fused-ring (bicyclic) bond motifs is 1. The maximum atomic E-state index is 11.7. The number of ether oxygens (including phenoxy) is 1. The molecule has 2 heterocycles. The van der Waals surface area contributed by atoms with Crippen LogP contribution in [0.4, 0.5) is 0 Å². The summed E-state index contributed by atoms with van der Waals surface area (Å²) >= 11 is 8.16. The Bertz CT molecular complexity index is 655. The van der Waals surface area contributed by atoms with Gasteiger partial charge in [0.15, 0.2) is 0 Å². The molecule has 0 N–H and O–H groups in total. The van der Waals surface area contributed by atoms with Crippen LogP contribution in [-0.2, 0) is 16.0 Å². The van der Waals surface area contributed by atoms with E-state index >= 15 is 0 Å². The lowest BCUT2D eigenvalue weighted by Gasteiger charge is -2.35. The summed E-state index contributed by atoms with van der Waals surface area (Å²) in [7, 11) is 1.42. The molecule has 0 aliphatic carbocycles. The van der Waals surface area contributed by atoms with E-state index in [2.05, 4.69) is 16.3 Å². The molecule has 0 saturated carbocycles. The van der Waals surface area contributed by atoms with Crippen LogP contribution in [0.5, 0.6) is 0 Å². The third-order valence-electron chi connectivity index (χ3n) is 3.83. The summed E-state index contributed by atoms with van der Waals surface area (Å²) in [5.74, 6) is -0.217. The average Bonchev–Trinajstić information content (AvgIpc) is 2.96. The van der Waals surface area contributed by atoms with Gasteiger partial charge < -0.3 is 4.74 Å². The Kier molecular flexibility index (Phi) is 4.29. The summed E-state index contributed by atoms with van der Waals surface area (Å²) in [6.45, 7) is 1.11. The minimum Gasteiger partial charge on any atom is -0.468 e. The largest absolute Gasteiger partial charge is 0.468 e. The number of methoxy groups -OCH3 is 1. The number of hydrogen-bond donors (Lipinski definition) is 0. The first-order valence-corrected chi connectivity index (χ1v) is 8.08. The highest BCUT2D eigenvalue weighted by Crippen LogP contribution is 2.39. The number of carbonyl (C=O) groups excluding carboxylic acids is 1. The third-order valence-corrected chi connectivity index (χ3v) is 5.17. The van der Waals surface area contributed by atoms with Gasteiger partial charge in [-0.05, 0) is 35.1 Å². The van der Waals surface area contributed by atoms with Crippen molar-refractivity contribution in [2.45, 2.75) is 12.5 Å². The van der Waals surface area contributed by atoms with Crippen molar-refractivity contribution in [1.29, 1.82) is 0 Å². The Balaban J connectivity index is 2.02. The highest BCUT2D eigenvalue weighted by molar-refractivity contribution is 7.10. The van der Waals surface area contributed by atoms with Crippen molar-refractivity contribution in [3.63, 3.8) is 0 Å². The quantitative estimate of drug-likeness (QED) is 0.810. The minimum atomic E-state index is -0.217. The highest BCUT2D eigenvalue weighted by atomic mass is 35.5. The summed E-state index contributed by atoms with van der Waals surface area (Å²) < 4.78 is 4.83. The van der Waals surface area contributed by atoms with Crippen LogP contribution in [0.15, 0.2) is 35.7 Å². The van der Waals surface area contributed by atoms with Crippen molar-refractivity contribution in [2.24, 2.45) is 0 Å². The van der Waals surface area contributed by atoms with E-state index in [9.17, 15) is 4.79 Å². The number of benzene rings is 1. The Labute approximate surface area is 133 Å². The van der Waals surface area contributed by atoms with Gasteiger partial charge >= 0.3 is 5.97 Å². The highest BCUT2D eigenvalue weighted by Gasteiger charge is 2.32. The first-order valence-electron chi connectivity index (χ1n) is 6.82. The van der Waals surface area contributed by atoms with E-state index in [0.29, 0.717) is 0 Å². The topological polar surface area (TPSA) is 29.5 Å². The smallest absolute Gasteiger partial charge is 0.319 e. The number of hydrogen-bond acceptors (Lipinski definition) is 4. The van der Waals surface area contributed by atoms with Crippen LogP contribution < -0.4 is 0 Å². The molecule has 5 heteroatoms. The number of thiophene rings is 1. The summed E-state index contributed by atoms with van der Waals surface area (Å²) in [5.41, 5.74) is 2.30. The van der Waals surface area contributed by atoms with Gasteiger partial charge in [-0.1, -0.05) is 29.8 Å². The molecule has 1 aliphatic heterocycles. The summed E-state index contributed by atoms with van der Waals surface area (Å²) in [6, 6.07) is 9.99. The standard InChI is InChI=1S/C16H16ClNO2S/c1-20-15(19)10-18-8-6-14-12(7-9-21-14)16(18)11-4-2-3-5-13(11)17/h2-5,7,9,16H,6,8,10H2,1H3/t16-/m1/s1. The van der Waals surface area contributed by atoms with Crippen LogP contribution in [0.1, 0.15) is 22.0 Å². The SMILES string of the molecule is COC(=O)CN1CCc2sccc2[C@H]1c1ccccc1Cl. The Hall–Kier alpha value is -1.36. The molecule has 21 heavy (non-hydrogen) atoms. The second-order valence-electron chi connectivity index (χ2n) is 5.02. The van der Waals surface area contributed by atoms with Gasteiger partial charge in [-0.2, -0.15) is 0 Å². The fourth-order valence-corrected chi connectivity index (χ4v) is 3.97. The Morgan fingerprint density at radius 2 is 2.19 bits per heavy atom. The number of esters is 1. The summed E-state index contributed by atoms with van der Waals surface area (Å²) in [5, 5.41) is 2.84. The second kappa shape index (κ2) is 6.18. The zero-order valence-corrected chi connectivity index (χ0v) is 13.3. The molecule has 0 unspecified atom stereocenters. The van der Waals surface area contributed by atoms with Crippen LogP contribution in [0.3, 0.4) is 0 Å². The van der Waals surface area contributed by atoms with Gasteiger partial charge in [0.2, 0.25) is 0 Å². The first kappa shape index (κ1) is 14.6. The Morgan fingerprint density at radius 1 is 1.38 bits per heavy atom. The van der Waals surface area contributed by atoms with E-state index in [0.717, 1.165) is 23.6 Å². The number of rotatable bonds is 3. The molecule has 1 atom stereocenters. The van der Waals surface area contributed by atoms with Crippen molar-refractivity contribution in [1.82, 2.24) is 4.90 Å². The molecule has 0 amide bonds. The lowest BCUT2D eigenvalue weighted by atomic mass is 9.93. The molecular formula is C16H16ClNO2S. The predicted molar refractivity (Wildman–Crippen MR) is 84.9 cm³/mol. The van der Waals surface area contributed by atoms with Crippen LogP contribution in [-0.4, -0.2) is 31.1 Å². The van der Waals surface area contributed by atoms with Crippen LogP contribution in [0.2, 0.25) is 5.02 Å². The average molecular weight is 322 g/mol. The van der Waals surface area contributed by atoms with Crippen LogP contribution in [0.25, 0.3) is 0 Å². The number of carbonyl (C=O) groups is 1. The molecule has 1 aromatic heterocycles. The van der Waals surface area contributed by atoms with Gasteiger partial charge in [0, 0.05) is 16.4 Å². The van der Waals surface area contributed by atoms with Crippen molar-refractivity contribution in [3.05, 3.63) is 56.7 Å². The number of halogens is 1. The normalized spacial score (nSPS) is 18.3. The van der Waals surface area contributed by atoms with E-state index < -0.39 is 0 Å². The summed E-state index contributed by atoms with van der Waals surface area (Å²) in [4.78, 5) is 15.2. The van der Waals surface area contributed by atoms with Gasteiger partial charge in [0.05, 0.1) is 19.7 Å². The van der Waals surface area contributed by atoms with Crippen LogP contribution in [0, 0.1) is 0 Å². The monoisotopic (exact) mass is 321 g/mol.